The minimum atomic E-state index is -0.0466. The van der Waals surface area contributed by atoms with Crippen LogP contribution in [0.25, 0.3) is 0 Å². The van der Waals surface area contributed by atoms with E-state index in [-0.39, 0.29) is 17.9 Å². The summed E-state index contributed by atoms with van der Waals surface area (Å²) in [7, 11) is 1.65. The summed E-state index contributed by atoms with van der Waals surface area (Å²) in [4.78, 5) is 14.1. The number of rotatable bonds is 10. The monoisotopic (exact) mass is 456 g/mol. The molecule has 8 heteroatoms. The first kappa shape index (κ1) is 21.9. The van der Waals surface area contributed by atoms with Crippen molar-refractivity contribution in [1.29, 1.82) is 0 Å². The summed E-state index contributed by atoms with van der Waals surface area (Å²) in [6, 6.07) is 12.5. The van der Waals surface area contributed by atoms with E-state index in [0.717, 1.165) is 41.6 Å². The van der Waals surface area contributed by atoms with Crippen molar-refractivity contribution in [2.75, 3.05) is 12.9 Å². The van der Waals surface area contributed by atoms with Gasteiger partial charge in [0.05, 0.1) is 18.9 Å². The van der Waals surface area contributed by atoms with E-state index in [9.17, 15) is 4.79 Å². The highest BCUT2D eigenvalue weighted by molar-refractivity contribution is 7.99. The summed E-state index contributed by atoms with van der Waals surface area (Å²) in [5.74, 6) is 2.40. The Morgan fingerprint density at radius 1 is 1.26 bits per heavy atom. The van der Waals surface area contributed by atoms with Crippen molar-refractivity contribution in [2.45, 2.75) is 50.4 Å². The lowest BCUT2D eigenvalue weighted by Gasteiger charge is -2.23. The Labute approximate surface area is 191 Å². The van der Waals surface area contributed by atoms with Crippen LogP contribution in [0, 0.1) is 5.92 Å². The van der Waals surface area contributed by atoms with Crippen LogP contribution < -0.4 is 10.1 Å². The Hall–Kier alpha value is -2.32. The van der Waals surface area contributed by atoms with Crippen molar-refractivity contribution in [1.82, 2.24) is 20.1 Å². The molecular formula is C23H28N4O2S2. The van der Waals surface area contributed by atoms with Crippen LogP contribution >= 0.6 is 23.1 Å². The van der Waals surface area contributed by atoms with Crippen LogP contribution in [0.1, 0.15) is 55.0 Å². The van der Waals surface area contributed by atoms with E-state index in [4.69, 9.17) is 4.74 Å². The standard InChI is InChI=1S/C23H28N4O2S2/c1-15(2)22(16-6-10-18(29-3)11-7-16)24-21(28)14-31-23-26-25-20(27(23)17-8-9-17)13-19-5-4-12-30-19/h4-7,10-12,15,17,22H,8-9,13-14H2,1-3H3,(H,24,28). The Kier molecular flexibility index (Phi) is 6.97. The number of nitrogens with one attached hydrogen (secondary N) is 1. The van der Waals surface area contributed by atoms with Gasteiger partial charge in [0.15, 0.2) is 5.16 Å². The van der Waals surface area contributed by atoms with E-state index in [0.29, 0.717) is 11.8 Å². The molecule has 1 unspecified atom stereocenters. The third-order valence-electron chi connectivity index (χ3n) is 5.35. The predicted molar refractivity (Wildman–Crippen MR) is 125 cm³/mol. The summed E-state index contributed by atoms with van der Waals surface area (Å²) in [5.41, 5.74) is 1.08. The lowest BCUT2D eigenvalue weighted by molar-refractivity contribution is -0.119. The molecule has 1 aliphatic carbocycles. The van der Waals surface area contributed by atoms with E-state index in [1.54, 1.807) is 18.4 Å². The normalized spacial score (nSPS) is 14.6. The quantitative estimate of drug-likeness (QED) is 0.440. The second kappa shape index (κ2) is 9.87. The molecule has 1 aromatic carbocycles. The maximum Gasteiger partial charge on any atom is 0.230 e. The van der Waals surface area contributed by atoms with E-state index in [1.807, 2.05) is 24.3 Å². The van der Waals surface area contributed by atoms with Gasteiger partial charge in [0, 0.05) is 17.3 Å². The van der Waals surface area contributed by atoms with Crippen LogP contribution in [0.4, 0.5) is 0 Å². The number of carbonyl (C=O) groups excluding carboxylic acids is 1. The van der Waals surface area contributed by atoms with Gasteiger partial charge in [-0.15, -0.1) is 21.5 Å². The molecule has 6 nitrogen and oxygen atoms in total. The lowest BCUT2D eigenvalue weighted by atomic mass is 9.96. The zero-order valence-corrected chi connectivity index (χ0v) is 19.7. The maximum atomic E-state index is 12.8. The van der Waals surface area contributed by atoms with Crippen molar-refractivity contribution in [2.24, 2.45) is 5.92 Å². The molecular weight excluding hydrogens is 428 g/mol. The second-order valence-electron chi connectivity index (χ2n) is 8.11. The summed E-state index contributed by atoms with van der Waals surface area (Å²) in [6.07, 6.45) is 3.10. The van der Waals surface area contributed by atoms with Crippen LogP contribution in [0.5, 0.6) is 5.75 Å². The Bertz CT molecular complexity index is 995. The van der Waals surface area contributed by atoms with Gasteiger partial charge in [0.1, 0.15) is 11.6 Å². The molecule has 2 heterocycles. The highest BCUT2D eigenvalue weighted by atomic mass is 32.2. The molecule has 1 amide bonds. The third-order valence-corrected chi connectivity index (χ3v) is 7.17. The predicted octanol–water partition coefficient (Wildman–Crippen LogP) is 4.88. The highest BCUT2D eigenvalue weighted by Crippen LogP contribution is 2.39. The fourth-order valence-electron chi connectivity index (χ4n) is 3.59. The molecule has 4 rings (SSSR count). The minimum absolute atomic E-state index is 0.00433. The molecule has 1 aliphatic rings. The SMILES string of the molecule is COc1ccc(C(NC(=O)CSc2nnc(Cc3cccs3)n2C2CC2)C(C)C)cc1. The maximum absolute atomic E-state index is 12.8. The van der Waals surface area contributed by atoms with Gasteiger partial charge in [-0.1, -0.05) is 43.8 Å². The molecule has 1 fully saturated rings. The topological polar surface area (TPSA) is 69.0 Å². The van der Waals surface area contributed by atoms with Crippen molar-refractivity contribution in [3.63, 3.8) is 0 Å². The number of aromatic nitrogens is 3. The van der Waals surface area contributed by atoms with Crippen LogP contribution in [-0.2, 0) is 11.2 Å². The number of carbonyl (C=O) groups is 1. The lowest BCUT2D eigenvalue weighted by Crippen LogP contribution is -2.33. The Balaban J connectivity index is 1.40. The fraction of sp³-hybridized carbons (Fsp3) is 0.435. The molecule has 1 atom stereocenters. The molecule has 0 bridgehead atoms. The molecule has 31 heavy (non-hydrogen) atoms. The second-order valence-corrected chi connectivity index (χ2v) is 10.1. The van der Waals surface area contributed by atoms with Gasteiger partial charge in [-0.05, 0) is 47.9 Å². The van der Waals surface area contributed by atoms with Gasteiger partial charge in [-0.2, -0.15) is 0 Å². The number of amides is 1. The van der Waals surface area contributed by atoms with E-state index < -0.39 is 0 Å². The average molecular weight is 457 g/mol. The van der Waals surface area contributed by atoms with Crippen molar-refractivity contribution >= 4 is 29.0 Å². The van der Waals surface area contributed by atoms with E-state index in [1.165, 1.54) is 16.6 Å². The van der Waals surface area contributed by atoms with Crippen molar-refractivity contribution in [3.8, 4) is 5.75 Å². The Morgan fingerprint density at radius 3 is 2.65 bits per heavy atom. The molecule has 0 aliphatic heterocycles. The largest absolute Gasteiger partial charge is 0.497 e. The van der Waals surface area contributed by atoms with Gasteiger partial charge >= 0.3 is 0 Å². The number of benzene rings is 1. The summed E-state index contributed by atoms with van der Waals surface area (Å²) < 4.78 is 7.48. The number of ether oxygens (including phenoxy) is 1. The van der Waals surface area contributed by atoms with E-state index in [2.05, 4.69) is 51.4 Å². The zero-order valence-electron chi connectivity index (χ0n) is 18.1. The number of hydrogen-bond acceptors (Lipinski definition) is 6. The third kappa shape index (κ3) is 5.49. The zero-order chi connectivity index (χ0) is 21.8. The fourth-order valence-corrected chi connectivity index (χ4v) is 5.12. The summed E-state index contributed by atoms with van der Waals surface area (Å²) in [6.45, 7) is 4.23. The number of nitrogens with zero attached hydrogens (tertiary/aromatic N) is 3. The first-order valence-corrected chi connectivity index (χ1v) is 12.4. The summed E-state index contributed by atoms with van der Waals surface area (Å²) >= 11 is 3.21. The van der Waals surface area contributed by atoms with Crippen molar-refractivity contribution < 1.29 is 9.53 Å². The van der Waals surface area contributed by atoms with Crippen LogP contribution in [0.3, 0.4) is 0 Å². The molecule has 3 aromatic rings. The summed E-state index contributed by atoms with van der Waals surface area (Å²) in [5, 5.41) is 15.0. The molecule has 164 valence electrons. The molecule has 1 saturated carbocycles. The first-order chi connectivity index (χ1) is 15.0. The van der Waals surface area contributed by atoms with Gasteiger partial charge in [-0.25, -0.2) is 0 Å². The number of methoxy groups -OCH3 is 1. The number of thiophene rings is 1. The van der Waals surface area contributed by atoms with E-state index >= 15 is 0 Å². The number of thioether (sulfide) groups is 1. The van der Waals surface area contributed by atoms with Crippen LogP contribution in [0.15, 0.2) is 46.9 Å². The molecule has 2 aromatic heterocycles. The van der Waals surface area contributed by atoms with Gasteiger partial charge < -0.3 is 14.6 Å². The molecule has 0 radical (unpaired) electrons. The smallest absolute Gasteiger partial charge is 0.230 e. The minimum Gasteiger partial charge on any atom is -0.497 e. The molecule has 1 N–H and O–H groups in total. The molecule has 0 saturated heterocycles. The van der Waals surface area contributed by atoms with Crippen molar-refractivity contribution in [3.05, 3.63) is 58.0 Å². The van der Waals surface area contributed by atoms with Crippen LogP contribution in [0.2, 0.25) is 0 Å². The van der Waals surface area contributed by atoms with Gasteiger partial charge in [-0.3, -0.25) is 4.79 Å². The van der Waals surface area contributed by atoms with Crippen LogP contribution in [-0.4, -0.2) is 33.5 Å². The molecule has 0 spiro atoms. The average Bonchev–Trinajstić information content (AvgIpc) is 3.32. The Morgan fingerprint density at radius 2 is 2.03 bits per heavy atom. The first-order valence-electron chi connectivity index (χ1n) is 10.6. The highest BCUT2D eigenvalue weighted by Gasteiger charge is 2.30. The number of hydrogen-bond donors (Lipinski definition) is 1. The van der Waals surface area contributed by atoms with Gasteiger partial charge in [0.2, 0.25) is 5.91 Å². The van der Waals surface area contributed by atoms with Gasteiger partial charge in [0.25, 0.3) is 0 Å².